The van der Waals surface area contributed by atoms with E-state index < -0.39 is 0 Å². The van der Waals surface area contributed by atoms with E-state index >= 15 is 0 Å². The lowest BCUT2D eigenvalue weighted by molar-refractivity contribution is -0.119. The van der Waals surface area contributed by atoms with E-state index in [1.807, 2.05) is 0 Å². The van der Waals surface area contributed by atoms with E-state index in [4.69, 9.17) is 0 Å². The number of rotatable bonds is 6. The quantitative estimate of drug-likeness (QED) is 0.569. The molecule has 170 valence electrons. The first-order valence-corrected chi connectivity index (χ1v) is 11.2. The van der Waals surface area contributed by atoms with Gasteiger partial charge >= 0.3 is 0 Å². The molecule has 0 radical (unpaired) electrons. The van der Waals surface area contributed by atoms with Gasteiger partial charge in [-0.1, -0.05) is 25.2 Å². The number of halogens is 1. The summed E-state index contributed by atoms with van der Waals surface area (Å²) in [7, 11) is 0. The molecule has 1 fully saturated rings. The zero-order chi connectivity index (χ0) is 23.5. The fourth-order valence-electron chi connectivity index (χ4n) is 3.35. The van der Waals surface area contributed by atoms with Crippen LogP contribution >= 0.6 is 11.3 Å². The van der Waals surface area contributed by atoms with E-state index in [1.54, 1.807) is 55.1 Å². The molecule has 0 bridgehead atoms. The van der Waals surface area contributed by atoms with Gasteiger partial charge in [0.25, 0.3) is 5.91 Å². The van der Waals surface area contributed by atoms with Crippen LogP contribution in [0.2, 0.25) is 0 Å². The minimum atomic E-state index is -0.360. The first-order chi connectivity index (χ1) is 15.8. The molecule has 8 nitrogen and oxygen atoms in total. The molecule has 0 saturated carbocycles. The maximum Gasteiger partial charge on any atom is 0.257 e. The minimum Gasteiger partial charge on any atom is -0.326 e. The average molecular weight is 468 g/mol. The first-order valence-electron chi connectivity index (χ1n) is 10.4. The molecule has 0 aliphatic carbocycles. The molecule has 1 aliphatic rings. The summed E-state index contributed by atoms with van der Waals surface area (Å²) in [6.07, 6.45) is 0.267. The van der Waals surface area contributed by atoms with Gasteiger partial charge in [0, 0.05) is 41.7 Å². The first kappa shape index (κ1) is 22.5. The Labute approximate surface area is 193 Å². The third kappa shape index (κ3) is 5.23. The molecule has 10 heteroatoms. The Balaban J connectivity index is 1.37. The van der Waals surface area contributed by atoms with Crippen LogP contribution in [-0.2, 0) is 9.59 Å². The Morgan fingerprint density at radius 3 is 2.42 bits per heavy atom. The zero-order valence-electron chi connectivity index (χ0n) is 18.0. The van der Waals surface area contributed by atoms with Crippen LogP contribution in [0.3, 0.4) is 0 Å². The summed E-state index contributed by atoms with van der Waals surface area (Å²) in [5.41, 5.74) is 1.66. The second kappa shape index (κ2) is 9.45. The van der Waals surface area contributed by atoms with Crippen molar-refractivity contribution in [3.05, 3.63) is 64.9 Å². The van der Waals surface area contributed by atoms with Gasteiger partial charge in [-0.05, 0) is 48.5 Å². The number of nitrogens with zero attached hydrogens (tertiary/aromatic N) is 3. The minimum absolute atomic E-state index is 0.0722. The SMILES string of the molecule is CC(C)C(=O)Nc1ccc(C(=O)Nc2nnc(C3CC(=O)N(c4ccc(F)cc4)C3)s2)cc1. The highest BCUT2D eigenvalue weighted by atomic mass is 32.1. The monoisotopic (exact) mass is 467 g/mol. The van der Waals surface area contributed by atoms with Crippen LogP contribution in [0, 0.1) is 11.7 Å². The highest BCUT2D eigenvalue weighted by Crippen LogP contribution is 2.34. The van der Waals surface area contributed by atoms with Crippen molar-refractivity contribution in [3.63, 3.8) is 0 Å². The second-order valence-corrected chi connectivity index (χ2v) is 9.01. The molecule has 1 aromatic heterocycles. The van der Waals surface area contributed by atoms with Crippen molar-refractivity contribution in [2.75, 3.05) is 22.1 Å². The van der Waals surface area contributed by atoms with Crippen molar-refractivity contribution in [1.29, 1.82) is 0 Å². The van der Waals surface area contributed by atoms with Crippen molar-refractivity contribution in [3.8, 4) is 0 Å². The maximum absolute atomic E-state index is 13.2. The highest BCUT2D eigenvalue weighted by Gasteiger charge is 2.34. The molecule has 3 amide bonds. The van der Waals surface area contributed by atoms with Gasteiger partial charge in [0.1, 0.15) is 10.8 Å². The smallest absolute Gasteiger partial charge is 0.257 e. The normalized spacial score (nSPS) is 15.7. The molecule has 1 unspecified atom stereocenters. The number of amides is 3. The molecule has 1 atom stereocenters. The maximum atomic E-state index is 13.2. The van der Waals surface area contributed by atoms with Crippen LogP contribution in [0.5, 0.6) is 0 Å². The number of hydrogen-bond acceptors (Lipinski definition) is 6. The van der Waals surface area contributed by atoms with Gasteiger partial charge in [0.15, 0.2) is 0 Å². The van der Waals surface area contributed by atoms with E-state index in [0.717, 1.165) is 0 Å². The summed E-state index contributed by atoms with van der Waals surface area (Å²) in [5, 5.41) is 14.7. The van der Waals surface area contributed by atoms with Crippen molar-refractivity contribution < 1.29 is 18.8 Å². The van der Waals surface area contributed by atoms with E-state index in [1.165, 1.54) is 23.5 Å². The second-order valence-electron chi connectivity index (χ2n) is 8.00. The predicted molar refractivity (Wildman–Crippen MR) is 124 cm³/mol. The zero-order valence-corrected chi connectivity index (χ0v) is 18.9. The fraction of sp³-hybridized carbons (Fsp3) is 0.261. The Morgan fingerprint density at radius 2 is 1.76 bits per heavy atom. The van der Waals surface area contributed by atoms with Gasteiger partial charge in [-0.25, -0.2) is 4.39 Å². The van der Waals surface area contributed by atoms with E-state index in [0.29, 0.717) is 33.6 Å². The van der Waals surface area contributed by atoms with Gasteiger partial charge in [-0.2, -0.15) is 0 Å². The van der Waals surface area contributed by atoms with Crippen LogP contribution < -0.4 is 15.5 Å². The Morgan fingerprint density at radius 1 is 1.06 bits per heavy atom. The summed E-state index contributed by atoms with van der Waals surface area (Å²) < 4.78 is 13.2. The van der Waals surface area contributed by atoms with Crippen molar-refractivity contribution in [2.45, 2.75) is 26.2 Å². The summed E-state index contributed by atoms with van der Waals surface area (Å²) in [4.78, 5) is 38.4. The highest BCUT2D eigenvalue weighted by molar-refractivity contribution is 7.15. The molecule has 2 N–H and O–H groups in total. The molecule has 33 heavy (non-hydrogen) atoms. The number of benzene rings is 2. The summed E-state index contributed by atoms with van der Waals surface area (Å²) in [5.74, 6) is -1.18. The molecular formula is C23H22FN5O3S. The standard InChI is InChI=1S/C23H22FN5O3S/c1-13(2)20(31)25-17-7-3-14(4-8-17)21(32)26-23-28-27-22(33-23)15-11-19(30)29(12-15)18-9-5-16(24)6-10-18/h3-10,13,15H,11-12H2,1-2H3,(H,25,31)(H,26,28,32). The summed E-state index contributed by atoms with van der Waals surface area (Å²) >= 11 is 1.22. The van der Waals surface area contributed by atoms with E-state index in [9.17, 15) is 18.8 Å². The largest absolute Gasteiger partial charge is 0.326 e. The van der Waals surface area contributed by atoms with Crippen LogP contribution in [0.1, 0.15) is 41.6 Å². The lowest BCUT2D eigenvalue weighted by Gasteiger charge is -2.16. The predicted octanol–water partition coefficient (Wildman–Crippen LogP) is 4.04. The van der Waals surface area contributed by atoms with Crippen molar-refractivity contribution in [2.24, 2.45) is 5.92 Å². The molecule has 2 aromatic carbocycles. The Kier molecular flexibility index (Phi) is 6.45. The lowest BCUT2D eigenvalue weighted by atomic mass is 10.1. The molecule has 1 aliphatic heterocycles. The number of nitrogens with one attached hydrogen (secondary N) is 2. The molecule has 1 saturated heterocycles. The molecule has 0 spiro atoms. The van der Waals surface area contributed by atoms with Crippen molar-refractivity contribution >= 4 is 45.6 Å². The molecule has 4 rings (SSSR count). The van der Waals surface area contributed by atoms with Gasteiger partial charge in [-0.15, -0.1) is 10.2 Å². The fourth-order valence-corrected chi connectivity index (χ4v) is 4.18. The third-order valence-electron chi connectivity index (χ3n) is 5.21. The van der Waals surface area contributed by atoms with Gasteiger partial charge in [0.05, 0.1) is 0 Å². The number of anilines is 3. The lowest BCUT2D eigenvalue weighted by Crippen LogP contribution is -2.24. The number of carbonyl (C=O) groups excluding carboxylic acids is 3. The summed E-state index contributed by atoms with van der Waals surface area (Å²) in [6.45, 7) is 4.02. The number of aromatic nitrogens is 2. The van der Waals surface area contributed by atoms with Crippen LogP contribution in [0.4, 0.5) is 20.9 Å². The van der Waals surface area contributed by atoms with Crippen LogP contribution in [-0.4, -0.2) is 34.5 Å². The van der Waals surface area contributed by atoms with Gasteiger partial charge in [-0.3, -0.25) is 19.7 Å². The Bertz CT molecular complexity index is 1180. The Hall–Kier alpha value is -3.66. The van der Waals surface area contributed by atoms with E-state index in [-0.39, 0.29) is 41.8 Å². The summed E-state index contributed by atoms with van der Waals surface area (Å²) in [6, 6.07) is 12.3. The molecular weight excluding hydrogens is 445 g/mol. The molecule has 3 aromatic rings. The third-order valence-corrected chi connectivity index (χ3v) is 6.21. The van der Waals surface area contributed by atoms with E-state index in [2.05, 4.69) is 20.8 Å². The van der Waals surface area contributed by atoms with Gasteiger partial charge < -0.3 is 10.2 Å². The van der Waals surface area contributed by atoms with Crippen molar-refractivity contribution in [1.82, 2.24) is 10.2 Å². The number of hydrogen-bond donors (Lipinski definition) is 2. The van der Waals surface area contributed by atoms with Gasteiger partial charge in [0.2, 0.25) is 16.9 Å². The average Bonchev–Trinajstić information content (AvgIpc) is 3.41. The van der Waals surface area contributed by atoms with Crippen LogP contribution in [0.15, 0.2) is 48.5 Å². The topological polar surface area (TPSA) is 104 Å². The number of carbonyl (C=O) groups is 3. The molecule has 2 heterocycles. The van der Waals surface area contributed by atoms with Crippen LogP contribution in [0.25, 0.3) is 0 Å².